The monoisotopic (exact) mass is 361 g/mol. The molecule has 1 rings (SSSR count). The Balaban J connectivity index is 1.99. The van der Waals surface area contributed by atoms with Gasteiger partial charge < -0.3 is 9.29 Å². The van der Waals surface area contributed by atoms with Gasteiger partial charge in [0.2, 0.25) is 0 Å². The Kier molecular flexibility index (Phi) is 10.6. The van der Waals surface area contributed by atoms with Crippen molar-refractivity contribution in [2.24, 2.45) is 0 Å². The van der Waals surface area contributed by atoms with E-state index in [-0.39, 0.29) is 12.1 Å². The van der Waals surface area contributed by atoms with Crippen molar-refractivity contribution in [3.8, 4) is 0 Å². The Morgan fingerprint density at radius 2 is 1.42 bits per heavy atom. The van der Waals surface area contributed by atoms with Gasteiger partial charge in [-0.2, -0.15) is 0 Å². The topological polar surface area (TPSA) is 83.5 Å². The van der Waals surface area contributed by atoms with Crippen molar-refractivity contribution in [1.29, 1.82) is 0 Å². The third-order valence-corrected chi connectivity index (χ3v) is 6.10. The van der Waals surface area contributed by atoms with Crippen LogP contribution in [0.2, 0.25) is 0 Å². The molecule has 1 aliphatic carbocycles. The molecule has 0 amide bonds. The van der Waals surface area contributed by atoms with Crippen LogP contribution in [0, 0.1) is 0 Å². The minimum atomic E-state index is -4.20. The van der Waals surface area contributed by atoms with Gasteiger partial charge >= 0.3 is 5.97 Å². The molecule has 0 N–H and O–H groups in total. The molecule has 0 unspecified atom stereocenters. The number of esters is 1. The highest BCUT2D eigenvalue weighted by Gasteiger charge is 2.27. The Morgan fingerprint density at radius 3 is 1.92 bits per heavy atom. The third-order valence-electron chi connectivity index (χ3n) is 4.81. The molecule has 0 spiro atoms. The van der Waals surface area contributed by atoms with Crippen molar-refractivity contribution in [2.45, 2.75) is 108 Å². The van der Waals surface area contributed by atoms with Gasteiger partial charge in [-0.1, -0.05) is 58.3 Å². The summed E-state index contributed by atoms with van der Waals surface area (Å²) in [6.07, 6.45) is 12.7. The average Bonchev–Trinajstić information content (AvgIpc) is 2.53. The highest BCUT2D eigenvalue weighted by atomic mass is 32.2. The van der Waals surface area contributed by atoms with E-state index >= 15 is 0 Å². The first-order valence-electron chi connectivity index (χ1n) is 9.57. The lowest BCUT2D eigenvalue weighted by atomic mass is 9.97. The van der Waals surface area contributed by atoms with E-state index in [0.717, 1.165) is 12.8 Å². The zero-order valence-corrected chi connectivity index (χ0v) is 15.8. The summed E-state index contributed by atoms with van der Waals surface area (Å²) in [5.74, 6) is -0.189. The maximum absolute atomic E-state index is 11.8. The van der Waals surface area contributed by atoms with Gasteiger partial charge in [0.25, 0.3) is 0 Å². The molecule has 1 fully saturated rings. The van der Waals surface area contributed by atoms with Crippen molar-refractivity contribution < 1.29 is 22.5 Å². The predicted molar refractivity (Wildman–Crippen MR) is 93.7 cm³/mol. The molecule has 1 aliphatic rings. The Hall–Kier alpha value is -0.620. The minimum Gasteiger partial charge on any atom is -0.748 e. The van der Waals surface area contributed by atoms with Gasteiger partial charge in [-0.3, -0.25) is 4.79 Å². The normalized spacial score (nSPS) is 21.6. The number of hydrogen-bond acceptors (Lipinski definition) is 5. The summed E-state index contributed by atoms with van der Waals surface area (Å²) in [6.45, 7) is 2.22. The molecule has 5 nitrogen and oxygen atoms in total. The second kappa shape index (κ2) is 11.9. The fourth-order valence-corrected chi connectivity index (χ4v) is 4.11. The van der Waals surface area contributed by atoms with E-state index < -0.39 is 15.4 Å². The molecule has 0 radical (unpaired) electrons. The summed E-state index contributed by atoms with van der Waals surface area (Å²) in [4.78, 5) is 11.8. The average molecular weight is 362 g/mol. The van der Waals surface area contributed by atoms with Gasteiger partial charge in [-0.05, 0) is 32.1 Å². The van der Waals surface area contributed by atoms with Crippen LogP contribution in [0.4, 0.5) is 0 Å². The Bertz CT molecular complexity index is 438. The van der Waals surface area contributed by atoms with Gasteiger partial charge in [0, 0.05) is 11.7 Å². The number of rotatable bonds is 12. The van der Waals surface area contributed by atoms with Crippen LogP contribution in [0.25, 0.3) is 0 Å². The number of hydrogen-bond donors (Lipinski definition) is 0. The lowest BCUT2D eigenvalue weighted by molar-refractivity contribution is -0.150. The second-order valence-electron chi connectivity index (χ2n) is 6.96. The lowest BCUT2D eigenvalue weighted by Gasteiger charge is -2.29. The molecule has 142 valence electrons. The first-order valence-corrected chi connectivity index (χ1v) is 11.0. The SMILES string of the molecule is CCCCCCCCCCCC(=O)OC1CCC(S(=O)(=O)[O-])CC1. The first kappa shape index (κ1) is 21.4. The third kappa shape index (κ3) is 9.62. The quantitative estimate of drug-likeness (QED) is 0.294. The predicted octanol–water partition coefficient (Wildman–Crippen LogP) is 4.31. The number of unbranched alkanes of at least 4 members (excludes halogenated alkanes) is 8. The molecule has 0 aromatic heterocycles. The maximum atomic E-state index is 11.8. The summed E-state index contributed by atoms with van der Waals surface area (Å²) in [6, 6.07) is 0. The molecule has 0 aromatic carbocycles. The van der Waals surface area contributed by atoms with Crippen molar-refractivity contribution >= 4 is 16.1 Å². The van der Waals surface area contributed by atoms with Gasteiger partial charge in [0.15, 0.2) is 0 Å². The van der Waals surface area contributed by atoms with E-state index in [2.05, 4.69) is 6.92 Å². The van der Waals surface area contributed by atoms with Crippen LogP contribution in [0.1, 0.15) is 96.8 Å². The first-order chi connectivity index (χ1) is 11.4. The standard InChI is InChI=1S/C18H34O5S/c1-2-3-4-5-6-7-8-9-10-11-18(19)23-16-12-14-17(15-13-16)24(20,21)22/h16-17H,2-15H2,1H3,(H,20,21,22)/p-1. The van der Waals surface area contributed by atoms with Crippen LogP contribution in [-0.4, -0.2) is 30.3 Å². The van der Waals surface area contributed by atoms with Gasteiger partial charge in [-0.25, -0.2) is 8.42 Å². The van der Waals surface area contributed by atoms with Crippen molar-refractivity contribution in [3.05, 3.63) is 0 Å². The van der Waals surface area contributed by atoms with E-state index in [1.807, 2.05) is 0 Å². The van der Waals surface area contributed by atoms with E-state index in [1.165, 1.54) is 44.9 Å². The van der Waals surface area contributed by atoms with Crippen LogP contribution in [-0.2, 0) is 19.6 Å². The smallest absolute Gasteiger partial charge is 0.306 e. The molecular formula is C18H33O5S-. The van der Waals surface area contributed by atoms with Crippen LogP contribution >= 0.6 is 0 Å². The van der Waals surface area contributed by atoms with Gasteiger partial charge in [-0.15, -0.1) is 0 Å². The lowest BCUT2D eigenvalue weighted by Crippen LogP contribution is -2.31. The molecule has 0 aliphatic heterocycles. The fraction of sp³-hybridized carbons (Fsp3) is 0.944. The van der Waals surface area contributed by atoms with E-state index in [1.54, 1.807) is 0 Å². The summed E-state index contributed by atoms with van der Waals surface area (Å²) >= 11 is 0. The molecule has 0 saturated heterocycles. The number of ether oxygens (including phenoxy) is 1. The maximum Gasteiger partial charge on any atom is 0.306 e. The van der Waals surface area contributed by atoms with Crippen LogP contribution < -0.4 is 0 Å². The molecule has 6 heteroatoms. The van der Waals surface area contributed by atoms with Gasteiger partial charge in [0.1, 0.15) is 6.10 Å². The second-order valence-corrected chi connectivity index (χ2v) is 8.61. The highest BCUT2D eigenvalue weighted by Crippen LogP contribution is 2.26. The molecule has 0 bridgehead atoms. The van der Waals surface area contributed by atoms with E-state index in [4.69, 9.17) is 4.74 Å². The minimum absolute atomic E-state index is 0.189. The molecule has 24 heavy (non-hydrogen) atoms. The van der Waals surface area contributed by atoms with E-state index in [0.29, 0.717) is 32.1 Å². The Morgan fingerprint density at radius 1 is 0.917 bits per heavy atom. The van der Waals surface area contributed by atoms with Crippen LogP contribution in [0.15, 0.2) is 0 Å². The highest BCUT2D eigenvalue weighted by molar-refractivity contribution is 7.86. The number of carbonyl (C=O) groups is 1. The molecule has 1 saturated carbocycles. The van der Waals surface area contributed by atoms with E-state index in [9.17, 15) is 17.8 Å². The van der Waals surface area contributed by atoms with Crippen molar-refractivity contribution in [1.82, 2.24) is 0 Å². The fourth-order valence-electron chi connectivity index (χ4n) is 3.26. The van der Waals surface area contributed by atoms with Crippen molar-refractivity contribution in [3.63, 3.8) is 0 Å². The molecule has 0 aromatic rings. The zero-order chi connectivity index (χ0) is 17.8. The van der Waals surface area contributed by atoms with Gasteiger partial charge in [0.05, 0.1) is 10.1 Å². The Labute approximate surface area is 147 Å². The molecular weight excluding hydrogens is 328 g/mol. The van der Waals surface area contributed by atoms with Crippen LogP contribution in [0.3, 0.4) is 0 Å². The zero-order valence-electron chi connectivity index (χ0n) is 15.0. The van der Waals surface area contributed by atoms with Crippen molar-refractivity contribution in [2.75, 3.05) is 0 Å². The molecule has 0 heterocycles. The largest absolute Gasteiger partial charge is 0.748 e. The summed E-state index contributed by atoms with van der Waals surface area (Å²) < 4.78 is 38.2. The molecule has 0 atom stereocenters. The summed E-state index contributed by atoms with van der Waals surface area (Å²) in [5, 5.41) is -0.801. The van der Waals surface area contributed by atoms with Crippen LogP contribution in [0.5, 0.6) is 0 Å². The summed E-state index contributed by atoms with van der Waals surface area (Å²) in [5.41, 5.74) is 0. The summed E-state index contributed by atoms with van der Waals surface area (Å²) in [7, 11) is -4.20. The number of carbonyl (C=O) groups excluding carboxylic acids is 1.